The Morgan fingerprint density at radius 1 is 1.42 bits per heavy atom. The zero-order valence-corrected chi connectivity index (χ0v) is 11.9. The first-order chi connectivity index (χ1) is 8.88. The van der Waals surface area contributed by atoms with Crippen molar-refractivity contribution in [3.63, 3.8) is 0 Å². The summed E-state index contributed by atoms with van der Waals surface area (Å²) in [4.78, 5) is 2.11. The summed E-state index contributed by atoms with van der Waals surface area (Å²) in [6, 6.07) is 6.67. The fourth-order valence-corrected chi connectivity index (χ4v) is 3.01. The fourth-order valence-electron chi connectivity index (χ4n) is 3.01. The maximum atomic E-state index is 13.4. The van der Waals surface area contributed by atoms with Gasteiger partial charge >= 0.3 is 0 Å². The van der Waals surface area contributed by atoms with Gasteiger partial charge < -0.3 is 15.4 Å². The number of hydrogen-bond acceptors (Lipinski definition) is 3. The van der Waals surface area contributed by atoms with Crippen molar-refractivity contribution in [3.05, 3.63) is 30.1 Å². The van der Waals surface area contributed by atoms with Crippen molar-refractivity contribution in [1.82, 2.24) is 0 Å². The second-order valence-corrected chi connectivity index (χ2v) is 6.00. The molecule has 1 heterocycles. The number of likely N-dealkylation sites (N-methyl/N-ethyl adjacent to an activating group) is 1. The number of rotatable bonds is 3. The molecule has 19 heavy (non-hydrogen) atoms. The summed E-state index contributed by atoms with van der Waals surface area (Å²) < 4.78 is 19.2. The van der Waals surface area contributed by atoms with Gasteiger partial charge in [-0.2, -0.15) is 0 Å². The second-order valence-electron chi connectivity index (χ2n) is 6.00. The quantitative estimate of drug-likeness (QED) is 0.913. The highest BCUT2D eigenvalue weighted by molar-refractivity contribution is 5.49. The first kappa shape index (κ1) is 14.3. The molecule has 1 fully saturated rings. The van der Waals surface area contributed by atoms with Gasteiger partial charge in [0, 0.05) is 32.3 Å². The van der Waals surface area contributed by atoms with E-state index in [0.717, 1.165) is 18.5 Å². The molecule has 0 aliphatic carbocycles. The molecular weight excluding hydrogens is 243 g/mol. The van der Waals surface area contributed by atoms with E-state index in [1.54, 1.807) is 12.1 Å². The SMILES string of the molecule is CN(c1cccc(F)c1)C1(CN)CCOC(C)(C)C1. The summed E-state index contributed by atoms with van der Waals surface area (Å²) in [5.41, 5.74) is 6.54. The Balaban J connectivity index is 2.30. The van der Waals surface area contributed by atoms with Gasteiger partial charge in [0.25, 0.3) is 0 Å². The summed E-state index contributed by atoms with van der Waals surface area (Å²) in [5, 5.41) is 0. The van der Waals surface area contributed by atoms with E-state index in [4.69, 9.17) is 10.5 Å². The largest absolute Gasteiger partial charge is 0.375 e. The first-order valence-electron chi connectivity index (χ1n) is 6.72. The predicted octanol–water partition coefficient (Wildman–Crippen LogP) is 2.55. The number of halogens is 1. The first-order valence-corrected chi connectivity index (χ1v) is 6.72. The molecule has 1 saturated heterocycles. The molecule has 4 heteroatoms. The Kier molecular flexibility index (Phi) is 3.83. The topological polar surface area (TPSA) is 38.5 Å². The van der Waals surface area contributed by atoms with Crippen LogP contribution in [0.2, 0.25) is 0 Å². The van der Waals surface area contributed by atoms with Crippen LogP contribution in [-0.2, 0) is 4.74 Å². The second kappa shape index (κ2) is 5.10. The molecule has 3 nitrogen and oxygen atoms in total. The third-order valence-electron chi connectivity index (χ3n) is 4.10. The third kappa shape index (κ3) is 2.90. The van der Waals surface area contributed by atoms with Crippen molar-refractivity contribution in [1.29, 1.82) is 0 Å². The maximum Gasteiger partial charge on any atom is 0.125 e. The summed E-state index contributed by atoms with van der Waals surface area (Å²) in [6.45, 7) is 5.38. The number of nitrogens with two attached hydrogens (primary N) is 1. The van der Waals surface area contributed by atoms with Gasteiger partial charge in [-0.1, -0.05) is 6.07 Å². The van der Waals surface area contributed by atoms with Crippen LogP contribution in [0.4, 0.5) is 10.1 Å². The van der Waals surface area contributed by atoms with Crippen LogP contribution in [0, 0.1) is 5.82 Å². The Hall–Kier alpha value is -1.13. The van der Waals surface area contributed by atoms with Gasteiger partial charge in [0.2, 0.25) is 0 Å². The summed E-state index contributed by atoms with van der Waals surface area (Å²) in [7, 11) is 1.99. The zero-order valence-electron chi connectivity index (χ0n) is 11.9. The van der Waals surface area contributed by atoms with Crippen molar-refractivity contribution in [2.45, 2.75) is 37.8 Å². The average molecular weight is 266 g/mol. The number of hydrogen-bond donors (Lipinski definition) is 1. The molecule has 2 N–H and O–H groups in total. The van der Waals surface area contributed by atoms with Gasteiger partial charge in [0.15, 0.2) is 0 Å². The minimum absolute atomic E-state index is 0.171. The highest BCUT2D eigenvalue weighted by atomic mass is 19.1. The van der Waals surface area contributed by atoms with Crippen LogP contribution in [0.25, 0.3) is 0 Å². The Bertz CT molecular complexity index is 450. The standard InChI is InChI=1S/C15H23FN2O/c1-14(2)10-15(11-17,7-8-19-14)18(3)13-6-4-5-12(16)9-13/h4-6,9H,7-8,10-11,17H2,1-3H3. The molecule has 1 aromatic carbocycles. The molecule has 1 unspecified atom stereocenters. The lowest BCUT2D eigenvalue weighted by molar-refractivity contribution is -0.0786. The predicted molar refractivity (Wildman–Crippen MR) is 75.9 cm³/mol. The summed E-state index contributed by atoms with van der Waals surface area (Å²) >= 11 is 0. The Morgan fingerprint density at radius 3 is 2.74 bits per heavy atom. The van der Waals surface area contributed by atoms with Gasteiger partial charge in [-0.3, -0.25) is 0 Å². The zero-order chi connectivity index (χ0) is 14.1. The number of benzene rings is 1. The lowest BCUT2D eigenvalue weighted by Gasteiger charge is -2.50. The highest BCUT2D eigenvalue weighted by Crippen LogP contribution is 2.37. The van der Waals surface area contributed by atoms with Gasteiger partial charge in [-0.05, 0) is 38.5 Å². The van der Waals surface area contributed by atoms with Crippen LogP contribution in [0.3, 0.4) is 0 Å². The normalized spacial score (nSPS) is 26.2. The van der Waals surface area contributed by atoms with Gasteiger partial charge in [0.1, 0.15) is 5.82 Å². The van der Waals surface area contributed by atoms with E-state index in [1.807, 2.05) is 13.1 Å². The van der Waals surface area contributed by atoms with Gasteiger partial charge in [-0.15, -0.1) is 0 Å². The van der Waals surface area contributed by atoms with Crippen molar-refractivity contribution < 1.29 is 9.13 Å². The highest BCUT2D eigenvalue weighted by Gasteiger charge is 2.43. The van der Waals surface area contributed by atoms with Crippen LogP contribution >= 0.6 is 0 Å². The molecule has 0 amide bonds. The van der Waals surface area contributed by atoms with E-state index in [1.165, 1.54) is 6.07 Å². The maximum absolute atomic E-state index is 13.4. The Labute approximate surface area is 114 Å². The molecule has 0 radical (unpaired) electrons. The lowest BCUT2D eigenvalue weighted by Crippen LogP contribution is -2.59. The molecule has 106 valence electrons. The molecule has 1 aliphatic rings. The van der Waals surface area contributed by atoms with E-state index in [-0.39, 0.29) is 17.0 Å². The number of ether oxygens (including phenoxy) is 1. The molecule has 0 aromatic heterocycles. The van der Waals surface area contributed by atoms with Crippen LogP contribution in [0.5, 0.6) is 0 Å². The monoisotopic (exact) mass is 266 g/mol. The molecule has 1 aliphatic heterocycles. The molecule has 2 rings (SSSR count). The van der Waals surface area contributed by atoms with Crippen molar-refractivity contribution >= 4 is 5.69 Å². The van der Waals surface area contributed by atoms with Crippen LogP contribution in [-0.4, -0.2) is 31.3 Å². The van der Waals surface area contributed by atoms with Gasteiger partial charge in [0.05, 0.1) is 11.1 Å². The molecule has 0 saturated carbocycles. The lowest BCUT2D eigenvalue weighted by atomic mass is 9.80. The van der Waals surface area contributed by atoms with Crippen LogP contribution in [0.1, 0.15) is 26.7 Å². The molecule has 0 spiro atoms. The van der Waals surface area contributed by atoms with Crippen molar-refractivity contribution in [3.8, 4) is 0 Å². The molecular formula is C15H23FN2O. The van der Waals surface area contributed by atoms with Gasteiger partial charge in [-0.25, -0.2) is 4.39 Å². The third-order valence-corrected chi connectivity index (χ3v) is 4.10. The fraction of sp³-hybridized carbons (Fsp3) is 0.600. The van der Waals surface area contributed by atoms with Crippen molar-refractivity contribution in [2.24, 2.45) is 5.73 Å². The van der Waals surface area contributed by atoms with E-state index in [2.05, 4.69) is 18.7 Å². The van der Waals surface area contributed by atoms with Crippen LogP contribution < -0.4 is 10.6 Å². The van der Waals surface area contributed by atoms with E-state index < -0.39 is 0 Å². The van der Waals surface area contributed by atoms with E-state index in [9.17, 15) is 4.39 Å². The van der Waals surface area contributed by atoms with E-state index in [0.29, 0.717) is 13.2 Å². The summed E-state index contributed by atoms with van der Waals surface area (Å²) in [6.07, 6.45) is 1.70. The Morgan fingerprint density at radius 2 is 2.16 bits per heavy atom. The molecule has 1 atom stereocenters. The number of anilines is 1. The van der Waals surface area contributed by atoms with E-state index >= 15 is 0 Å². The minimum Gasteiger partial charge on any atom is -0.375 e. The molecule has 1 aromatic rings. The van der Waals surface area contributed by atoms with Crippen molar-refractivity contribution in [2.75, 3.05) is 25.1 Å². The minimum atomic E-state index is -0.220. The summed E-state index contributed by atoms with van der Waals surface area (Å²) in [5.74, 6) is -0.220. The molecule has 0 bridgehead atoms. The average Bonchev–Trinajstić information content (AvgIpc) is 2.36. The number of nitrogens with zero attached hydrogens (tertiary/aromatic N) is 1. The smallest absolute Gasteiger partial charge is 0.125 e. The van der Waals surface area contributed by atoms with Crippen LogP contribution in [0.15, 0.2) is 24.3 Å².